The average molecular weight is 560 g/mol. The molecule has 0 N–H and O–H groups in total. The molecule has 1 unspecified atom stereocenters. The van der Waals surface area contributed by atoms with Crippen molar-refractivity contribution in [2.24, 2.45) is 7.05 Å². The number of esters is 1. The second-order valence-electron chi connectivity index (χ2n) is 8.02. The maximum absolute atomic E-state index is 12.9. The summed E-state index contributed by atoms with van der Waals surface area (Å²) in [6.07, 6.45) is 9.22. The first-order valence-corrected chi connectivity index (χ1v) is 10.8. The first kappa shape index (κ1) is 23.8. The fraction of sp³-hybridized carbons (Fsp3) is 0.500. The second-order valence-corrected chi connectivity index (χ2v) is 8.43. The van der Waals surface area contributed by atoms with Crippen molar-refractivity contribution in [2.75, 3.05) is 6.61 Å². The van der Waals surface area contributed by atoms with Crippen LogP contribution in [0.15, 0.2) is 36.9 Å². The molecule has 1 amide bonds. The molecular weight excluding hydrogens is 533 g/mol. The molecule has 3 heterocycles. The molecule has 2 saturated heterocycles. The van der Waals surface area contributed by atoms with Crippen LogP contribution < -0.4 is 33.3 Å². The van der Waals surface area contributed by atoms with E-state index in [0.717, 1.165) is 31.2 Å². The Hall–Kier alpha value is -1.81. The van der Waals surface area contributed by atoms with Gasteiger partial charge in [0.05, 0.1) is 25.1 Å². The standard InChI is InChI=1S/C22H27ClN3O4.HI/c1-3-29-21(27)11-15-4-7-20(19(23)10-15)30-18-12-16-5-6-17(13-18)26(16)22(28)25-9-8-24(2)14-25;/h4,7-10,14,16-18H,3,5-6,11-13H2,1-2H3;1H/q+1;/p-1/t16-,17+,18?;. The Morgan fingerprint density at radius 2 is 1.94 bits per heavy atom. The Kier molecular flexibility index (Phi) is 7.85. The number of hydrogen-bond donors (Lipinski definition) is 0. The number of benzene rings is 1. The van der Waals surface area contributed by atoms with Crippen LogP contribution in [0.25, 0.3) is 0 Å². The number of ether oxygens (including phenoxy) is 2. The number of piperidine rings is 1. The van der Waals surface area contributed by atoms with Gasteiger partial charge in [-0.25, -0.2) is 9.36 Å². The van der Waals surface area contributed by atoms with E-state index in [1.165, 1.54) is 0 Å². The number of hydrogen-bond acceptors (Lipinski definition) is 4. The van der Waals surface area contributed by atoms with Gasteiger partial charge in [0.1, 0.15) is 24.2 Å². The van der Waals surface area contributed by atoms with Gasteiger partial charge in [0, 0.05) is 24.9 Å². The Labute approximate surface area is 204 Å². The zero-order chi connectivity index (χ0) is 21.3. The Balaban J connectivity index is 0.00000272. The van der Waals surface area contributed by atoms with E-state index >= 15 is 0 Å². The van der Waals surface area contributed by atoms with Crippen LogP contribution in [-0.4, -0.2) is 46.3 Å². The smallest absolute Gasteiger partial charge is 0.416 e. The van der Waals surface area contributed by atoms with Gasteiger partial charge in [-0.3, -0.25) is 9.69 Å². The van der Waals surface area contributed by atoms with Crippen LogP contribution in [0.1, 0.15) is 38.2 Å². The number of halogens is 2. The van der Waals surface area contributed by atoms with Crippen LogP contribution in [-0.2, 0) is 23.0 Å². The molecule has 0 spiro atoms. The lowest BCUT2D eigenvalue weighted by Crippen LogP contribution is -3.00. The number of carbonyl (C=O) groups is 2. The lowest BCUT2D eigenvalue weighted by atomic mass is 10.00. The zero-order valence-corrected chi connectivity index (χ0v) is 20.6. The van der Waals surface area contributed by atoms with E-state index in [9.17, 15) is 9.59 Å². The molecule has 7 nitrogen and oxygen atoms in total. The van der Waals surface area contributed by atoms with Crippen LogP contribution >= 0.6 is 11.6 Å². The normalized spacial score (nSPS) is 22.0. The third-order valence-electron chi connectivity index (χ3n) is 5.84. The van der Waals surface area contributed by atoms with Crippen molar-refractivity contribution in [3.05, 3.63) is 47.5 Å². The Bertz CT molecular complexity index is 937. The summed E-state index contributed by atoms with van der Waals surface area (Å²) in [6.45, 7) is 2.15. The quantitative estimate of drug-likeness (QED) is 0.297. The Morgan fingerprint density at radius 1 is 1.23 bits per heavy atom. The summed E-state index contributed by atoms with van der Waals surface area (Å²) in [5.74, 6) is 0.345. The number of fused-ring (bicyclic) bond motifs is 2. The molecule has 0 saturated carbocycles. The van der Waals surface area contributed by atoms with Gasteiger partial charge in [0.15, 0.2) is 0 Å². The van der Waals surface area contributed by atoms with Gasteiger partial charge < -0.3 is 33.5 Å². The van der Waals surface area contributed by atoms with Crippen molar-refractivity contribution in [3.63, 3.8) is 0 Å². The van der Waals surface area contributed by atoms with Crippen molar-refractivity contribution in [1.82, 2.24) is 9.47 Å². The summed E-state index contributed by atoms with van der Waals surface area (Å²) >= 11 is 6.41. The van der Waals surface area contributed by atoms with Gasteiger partial charge in [0.2, 0.25) is 0 Å². The monoisotopic (exact) mass is 559 g/mol. The van der Waals surface area contributed by atoms with Crippen molar-refractivity contribution < 1.29 is 47.6 Å². The largest absolute Gasteiger partial charge is 1.00 e. The van der Waals surface area contributed by atoms with E-state index in [-0.39, 0.29) is 60.6 Å². The number of aromatic nitrogens is 2. The van der Waals surface area contributed by atoms with E-state index < -0.39 is 0 Å². The third kappa shape index (κ3) is 5.34. The molecule has 9 heteroatoms. The van der Waals surface area contributed by atoms with Crippen LogP contribution in [0.2, 0.25) is 5.02 Å². The number of carbonyl (C=O) groups excluding carboxylic acids is 2. The van der Waals surface area contributed by atoms with Crippen LogP contribution in [0, 0.1) is 0 Å². The summed E-state index contributed by atoms with van der Waals surface area (Å²) in [7, 11) is 1.90. The van der Waals surface area contributed by atoms with Gasteiger partial charge in [-0.2, -0.15) is 4.57 Å². The summed E-state index contributed by atoms with van der Waals surface area (Å²) in [5, 5.41) is 0.488. The van der Waals surface area contributed by atoms with Crippen molar-refractivity contribution in [3.8, 4) is 5.75 Å². The highest BCUT2D eigenvalue weighted by Gasteiger charge is 2.46. The van der Waals surface area contributed by atoms with E-state index in [4.69, 9.17) is 21.1 Å². The summed E-state index contributed by atoms with van der Waals surface area (Å²) in [5.41, 5.74) is 0.797. The highest BCUT2D eigenvalue weighted by atomic mass is 127. The van der Waals surface area contributed by atoms with Gasteiger partial charge in [-0.1, -0.05) is 17.7 Å². The molecule has 31 heavy (non-hydrogen) atoms. The van der Waals surface area contributed by atoms with Gasteiger partial charge in [-0.15, -0.1) is 0 Å². The minimum atomic E-state index is -0.271. The zero-order valence-electron chi connectivity index (χ0n) is 17.7. The molecule has 2 fully saturated rings. The van der Waals surface area contributed by atoms with Crippen LogP contribution in [0.4, 0.5) is 4.79 Å². The molecule has 1 aromatic heterocycles. The highest BCUT2D eigenvalue weighted by molar-refractivity contribution is 6.32. The van der Waals surface area contributed by atoms with Gasteiger partial charge in [-0.05, 0) is 37.5 Å². The second kappa shape index (κ2) is 10.2. The van der Waals surface area contributed by atoms with E-state index in [1.807, 2.05) is 34.8 Å². The highest BCUT2D eigenvalue weighted by Crippen LogP contribution is 2.38. The molecule has 0 aliphatic carbocycles. The van der Waals surface area contributed by atoms with Crippen molar-refractivity contribution >= 4 is 23.6 Å². The molecule has 2 bridgehead atoms. The molecule has 2 aromatic rings. The third-order valence-corrected chi connectivity index (χ3v) is 6.14. The molecule has 168 valence electrons. The fourth-order valence-electron chi connectivity index (χ4n) is 4.54. The number of nitrogens with zero attached hydrogens (tertiary/aromatic N) is 3. The maximum Gasteiger partial charge on any atom is 0.416 e. The molecular formula is C22H27ClIN3O4. The molecule has 0 radical (unpaired) electrons. The number of amides is 1. The van der Waals surface area contributed by atoms with E-state index in [2.05, 4.69) is 0 Å². The molecule has 1 aromatic carbocycles. The predicted octanol–water partition coefficient (Wildman–Crippen LogP) is 0.118. The summed E-state index contributed by atoms with van der Waals surface area (Å²) in [6, 6.07) is 5.80. The topological polar surface area (TPSA) is 64.7 Å². The van der Waals surface area contributed by atoms with E-state index in [0.29, 0.717) is 17.4 Å². The lowest BCUT2D eigenvalue weighted by Gasteiger charge is -2.37. The summed E-state index contributed by atoms with van der Waals surface area (Å²) < 4.78 is 14.7. The maximum atomic E-state index is 12.9. The molecule has 2 aliphatic rings. The van der Waals surface area contributed by atoms with Crippen molar-refractivity contribution in [2.45, 2.75) is 57.2 Å². The van der Waals surface area contributed by atoms with Gasteiger partial charge in [0.25, 0.3) is 6.33 Å². The minimum Gasteiger partial charge on any atom is -1.00 e. The minimum absolute atomic E-state index is 0. The first-order valence-electron chi connectivity index (χ1n) is 10.4. The summed E-state index contributed by atoms with van der Waals surface area (Å²) in [4.78, 5) is 26.6. The Morgan fingerprint density at radius 3 is 2.52 bits per heavy atom. The van der Waals surface area contributed by atoms with Crippen molar-refractivity contribution in [1.29, 1.82) is 0 Å². The fourth-order valence-corrected chi connectivity index (χ4v) is 4.79. The molecule has 4 rings (SSSR count). The number of aryl methyl sites for hydroxylation is 1. The molecule has 2 aliphatic heterocycles. The lowest BCUT2D eigenvalue weighted by molar-refractivity contribution is -0.670. The number of imidazole rings is 1. The SMILES string of the molecule is CCOC(=O)Cc1ccc(OC2C[C@H]3CC[C@@H](C2)N3C(=O)n2cc[n+](C)c2)c(Cl)c1.[I-]. The van der Waals surface area contributed by atoms with Crippen LogP contribution in [0.5, 0.6) is 5.75 Å². The molecule has 3 atom stereocenters. The van der Waals surface area contributed by atoms with Crippen LogP contribution in [0.3, 0.4) is 0 Å². The number of rotatable bonds is 5. The first-order chi connectivity index (χ1) is 14.4. The average Bonchev–Trinajstić information content (AvgIpc) is 3.24. The van der Waals surface area contributed by atoms with E-state index in [1.54, 1.807) is 30.1 Å². The predicted molar refractivity (Wildman–Crippen MR) is 110 cm³/mol. The van der Waals surface area contributed by atoms with Gasteiger partial charge >= 0.3 is 12.0 Å².